The second-order valence-corrected chi connectivity index (χ2v) is 7.13. The van der Waals surface area contributed by atoms with E-state index in [1.807, 2.05) is 38.1 Å². The molecule has 0 saturated carbocycles. The van der Waals surface area contributed by atoms with Crippen molar-refractivity contribution in [1.82, 2.24) is 10.6 Å². The van der Waals surface area contributed by atoms with Gasteiger partial charge in [0.15, 0.2) is 5.11 Å². The molecule has 0 bridgehead atoms. The lowest BCUT2D eigenvalue weighted by atomic mass is 10.1. The molecule has 132 valence electrons. The van der Waals surface area contributed by atoms with Crippen molar-refractivity contribution in [3.63, 3.8) is 0 Å². The van der Waals surface area contributed by atoms with Gasteiger partial charge in [0.2, 0.25) is 0 Å². The third kappa shape index (κ3) is 6.48. The zero-order valence-electron chi connectivity index (χ0n) is 14.2. The molecule has 0 saturated heterocycles. The number of ether oxygens (including phenoxy) is 1. The number of halogens is 1. The Morgan fingerprint density at radius 2 is 1.92 bits per heavy atom. The SMILES string of the molecule is CC(C)NC(=S)NC(=O)c1cc(Br)ccc1OCCc1ccccc1. The molecule has 0 fully saturated rings. The highest BCUT2D eigenvalue weighted by atomic mass is 79.9. The fraction of sp³-hybridized carbons (Fsp3) is 0.263. The third-order valence-electron chi connectivity index (χ3n) is 3.32. The average molecular weight is 421 g/mol. The van der Waals surface area contributed by atoms with Crippen LogP contribution in [-0.4, -0.2) is 23.7 Å². The molecule has 0 aliphatic carbocycles. The average Bonchev–Trinajstić information content (AvgIpc) is 2.56. The van der Waals surface area contributed by atoms with Gasteiger partial charge in [0.25, 0.3) is 5.91 Å². The number of hydrogen-bond donors (Lipinski definition) is 2. The van der Waals surface area contributed by atoms with Gasteiger partial charge in [-0.1, -0.05) is 46.3 Å². The predicted octanol–water partition coefficient (Wildman–Crippen LogP) is 4.08. The summed E-state index contributed by atoms with van der Waals surface area (Å²) >= 11 is 8.53. The third-order valence-corrected chi connectivity index (χ3v) is 4.04. The summed E-state index contributed by atoms with van der Waals surface area (Å²) in [6.45, 7) is 4.39. The number of amides is 1. The highest BCUT2D eigenvalue weighted by Gasteiger charge is 2.15. The minimum atomic E-state index is -0.297. The van der Waals surface area contributed by atoms with Gasteiger partial charge in [0.1, 0.15) is 5.75 Å². The summed E-state index contributed by atoms with van der Waals surface area (Å²) in [5, 5.41) is 5.97. The molecular weight excluding hydrogens is 400 g/mol. The summed E-state index contributed by atoms with van der Waals surface area (Å²) in [6.07, 6.45) is 0.769. The van der Waals surface area contributed by atoms with E-state index in [1.54, 1.807) is 12.1 Å². The number of thiocarbonyl (C=S) groups is 1. The smallest absolute Gasteiger partial charge is 0.261 e. The molecular formula is C19H21BrN2O2S. The molecule has 0 atom stereocenters. The quantitative estimate of drug-likeness (QED) is 0.691. The lowest BCUT2D eigenvalue weighted by molar-refractivity contribution is 0.0972. The molecule has 2 N–H and O–H groups in total. The Morgan fingerprint density at radius 3 is 2.60 bits per heavy atom. The number of carbonyl (C=O) groups is 1. The van der Waals surface area contributed by atoms with E-state index in [0.717, 1.165) is 10.9 Å². The molecule has 0 spiro atoms. The number of carbonyl (C=O) groups excluding carboxylic acids is 1. The minimum absolute atomic E-state index is 0.150. The Labute approximate surface area is 162 Å². The molecule has 4 nitrogen and oxygen atoms in total. The van der Waals surface area contributed by atoms with E-state index >= 15 is 0 Å². The number of rotatable bonds is 6. The van der Waals surface area contributed by atoms with Crippen molar-refractivity contribution in [3.8, 4) is 5.75 Å². The summed E-state index contributed by atoms with van der Waals surface area (Å²) in [6, 6.07) is 15.6. The van der Waals surface area contributed by atoms with Crippen molar-refractivity contribution >= 4 is 39.2 Å². The zero-order valence-corrected chi connectivity index (χ0v) is 16.6. The highest BCUT2D eigenvalue weighted by molar-refractivity contribution is 9.10. The Balaban J connectivity index is 2.03. The van der Waals surface area contributed by atoms with Crippen LogP contribution >= 0.6 is 28.1 Å². The maximum Gasteiger partial charge on any atom is 0.261 e. The molecule has 1 amide bonds. The normalized spacial score (nSPS) is 10.4. The van der Waals surface area contributed by atoms with Crippen LogP contribution in [0.3, 0.4) is 0 Å². The number of nitrogens with one attached hydrogen (secondary N) is 2. The standard InChI is InChI=1S/C19H21BrN2O2S/c1-13(2)21-19(25)22-18(23)16-12-15(20)8-9-17(16)24-11-10-14-6-4-3-5-7-14/h3-9,12-13H,10-11H2,1-2H3,(H2,21,22,23,25). The topological polar surface area (TPSA) is 50.4 Å². The van der Waals surface area contributed by atoms with Crippen molar-refractivity contribution in [2.24, 2.45) is 0 Å². The minimum Gasteiger partial charge on any atom is -0.492 e. The van der Waals surface area contributed by atoms with Crippen LogP contribution in [0.1, 0.15) is 29.8 Å². The fourth-order valence-corrected chi connectivity index (χ4v) is 2.89. The molecule has 6 heteroatoms. The highest BCUT2D eigenvalue weighted by Crippen LogP contribution is 2.23. The van der Waals surface area contributed by atoms with Crippen LogP contribution in [0.4, 0.5) is 0 Å². The molecule has 2 rings (SSSR count). The predicted molar refractivity (Wildman–Crippen MR) is 108 cm³/mol. The summed E-state index contributed by atoms with van der Waals surface area (Å²) in [5.74, 6) is 0.234. The van der Waals surface area contributed by atoms with Crippen LogP contribution in [0, 0.1) is 0 Å². The molecule has 0 aromatic heterocycles. The molecule has 0 heterocycles. The maximum atomic E-state index is 12.5. The van der Waals surface area contributed by atoms with E-state index in [4.69, 9.17) is 17.0 Å². The largest absolute Gasteiger partial charge is 0.492 e. The molecule has 2 aromatic rings. The van der Waals surface area contributed by atoms with Gasteiger partial charge in [-0.05, 0) is 49.8 Å². The van der Waals surface area contributed by atoms with Crippen LogP contribution < -0.4 is 15.4 Å². The van der Waals surface area contributed by atoms with Crippen LogP contribution in [0.2, 0.25) is 0 Å². The first-order valence-corrected chi connectivity index (χ1v) is 9.24. The van der Waals surface area contributed by atoms with Gasteiger partial charge in [0.05, 0.1) is 12.2 Å². The van der Waals surface area contributed by atoms with Crippen LogP contribution in [-0.2, 0) is 6.42 Å². The van der Waals surface area contributed by atoms with Gasteiger partial charge in [-0.15, -0.1) is 0 Å². The van der Waals surface area contributed by atoms with E-state index in [-0.39, 0.29) is 11.9 Å². The van der Waals surface area contributed by atoms with E-state index in [1.165, 1.54) is 5.56 Å². The Bertz CT molecular complexity index is 735. The van der Waals surface area contributed by atoms with Crippen LogP contribution in [0.15, 0.2) is 53.0 Å². The lowest BCUT2D eigenvalue weighted by Gasteiger charge is -2.15. The van der Waals surface area contributed by atoms with E-state index in [2.05, 4.69) is 38.7 Å². The molecule has 0 aliphatic rings. The summed E-state index contributed by atoms with van der Waals surface area (Å²) in [4.78, 5) is 12.5. The number of hydrogen-bond acceptors (Lipinski definition) is 3. The maximum absolute atomic E-state index is 12.5. The summed E-state index contributed by atoms with van der Waals surface area (Å²) in [7, 11) is 0. The molecule has 0 aliphatic heterocycles. The monoisotopic (exact) mass is 420 g/mol. The lowest BCUT2D eigenvalue weighted by Crippen LogP contribution is -2.42. The summed E-state index contributed by atoms with van der Waals surface area (Å²) < 4.78 is 6.64. The van der Waals surface area contributed by atoms with Crippen LogP contribution in [0.25, 0.3) is 0 Å². The first kappa shape index (κ1) is 19.4. The first-order chi connectivity index (χ1) is 12.0. The van der Waals surface area contributed by atoms with Gasteiger partial charge in [-0.3, -0.25) is 10.1 Å². The Hall–Kier alpha value is -1.92. The van der Waals surface area contributed by atoms with E-state index < -0.39 is 0 Å². The number of benzene rings is 2. The van der Waals surface area contributed by atoms with Crippen molar-refractivity contribution in [3.05, 3.63) is 64.1 Å². The van der Waals surface area contributed by atoms with Crippen molar-refractivity contribution in [2.75, 3.05) is 6.61 Å². The Morgan fingerprint density at radius 1 is 1.20 bits per heavy atom. The van der Waals surface area contributed by atoms with Gasteiger partial charge >= 0.3 is 0 Å². The van der Waals surface area contributed by atoms with Crippen molar-refractivity contribution in [2.45, 2.75) is 26.3 Å². The fourth-order valence-electron chi connectivity index (χ4n) is 2.20. The molecule has 0 radical (unpaired) electrons. The molecule has 25 heavy (non-hydrogen) atoms. The van der Waals surface area contributed by atoms with Crippen molar-refractivity contribution in [1.29, 1.82) is 0 Å². The zero-order chi connectivity index (χ0) is 18.2. The van der Waals surface area contributed by atoms with Crippen molar-refractivity contribution < 1.29 is 9.53 Å². The van der Waals surface area contributed by atoms with Gasteiger partial charge in [-0.2, -0.15) is 0 Å². The van der Waals surface area contributed by atoms with Crippen LogP contribution in [0.5, 0.6) is 5.75 Å². The Kier molecular flexibility index (Phi) is 7.40. The van der Waals surface area contributed by atoms with Gasteiger partial charge in [0, 0.05) is 16.9 Å². The van der Waals surface area contributed by atoms with Gasteiger partial charge in [-0.25, -0.2) is 0 Å². The van der Waals surface area contributed by atoms with Gasteiger partial charge < -0.3 is 10.1 Å². The molecule has 0 unspecified atom stereocenters. The second kappa shape index (κ2) is 9.53. The van der Waals surface area contributed by atoms with E-state index in [9.17, 15) is 4.79 Å². The molecule has 2 aromatic carbocycles. The summed E-state index contributed by atoms with van der Waals surface area (Å²) in [5.41, 5.74) is 1.63. The second-order valence-electron chi connectivity index (χ2n) is 5.81. The van der Waals surface area contributed by atoms with E-state index in [0.29, 0.717) is 23.0 Å². The first-order valence-electron chi connectivity index (χ1n) is 8.04.